The minimum absolute atomic E-state index is 0.290. The van der Waals surface area contributed by atoms with Crippen molar-refractivity contribution in [2.45, 2.75) is 32.4 Å². The van der Waals surface area contributed by atoms with Crippen LogP contribution in [0.3, 0.4) is 0 Å². The first-order chi connectivity index (χ1) is 7.29. The Labute approximate surface area is 89.9 Å². The van der Waals surface area contributed by atoms with Crippen molar-refractivity contribution in [3.05, 3.63) is 18.0 Å². The molecule has 0 spiro atoms. The van der Waals surface area contributed by atoms with Gasteiger partial charge in [0.1, 0.15) is 0 Å². The number of rotatable bonds is 4. The van der Waals surface area contributed by atoms with Crippen molar-refractivity contribution < 1.29 is 9.84 Å². The van der Waals surface area contributed by atoms with Crippen molar-refractivity contribution in [2.75, 3.05) is 13.2 Å². The first-order valence-electron chi connectivity index (χ1n) is 5.56. The van der Waals surface area contributed by atoms with E-state index in [0.717, 1.165) is 25.1 Å². The molecular weight excluding hydrogens is 192 g/mol. The minimum atomic E-state index is -0.290. The Bertz CT molecular complexity index is 305. The molecule has 0 amide bonds. The van der Waals surface area contributed by atoms with Crippen LogP contribution >= 0.6 is 0 Å². The van der Waals surface area contributed by atoms with E-state index in [9.17, 15) is 5.11 Å². The number of aromatic nitrogens is 2. The number of hydrogen-bond donors (Lipinski definition) is 1. The first kappa shape index (κ1) is 10.6. The highest BCUT2D eigenvalue weighted by Crippen LogP contribution is 2.19. The molecule has 1 fully saturated rings. The highest BCUT2D eigenvalue weighted by Gasteiger charge is 2.24. The number of aliphatic hydroxyl groups excluding tert-OH is 1. The number of nitrogens with zero attached hydrogens (tertiary/aromatic N) is 2. The van der Waals surface area contributed by atoms with Crippen LogP contribution in [0, 0.1) is 5.92 Å². The van der Waals surface area contributed by atoms with E-state index >= 15 is 0 Å². The summed E-state index contributed by atoms with van der Waals surface area (Å²) in [5, 5.41) is 14.2. The molecule has 1 aliphatic rings. The van der Waals surface area contributed by atoms with Crippen LogP contribution in [-0.2, 0) is 17.7 Å². The van der Waals surface area contributed by atoms with E-state index in [1.54, 1.807) is 0 Å². The van der Waals surface area contributed by atoms with E-state index < -0.39 is 0 Å². The highest BCUT2D eigenvalue weighted by atomic mass is 16.5. The highest BCUT2D eigenvalue weighted by molar-refractivity contribution is 5.06. The second kappa shape index (κ2) is 4.77. The molecule has 1 aromatic heterocycles. The Kier molecular flexibility index (Phi) is 3.38. The molecule has 1 saturated heterocycles. The van der Waals surface area contributed by atoms with E-state index in [1.807, 2.05) is 17.1 Å². The molecule has 0 aromatic carbocycles. The molecular formula is C11H18N2O2. The topological polar surface area (TPSA) is 47.3 Å². The van der Waals surface area contributed by atoms with Gasteiger partial charge >= 0.3 is 0 Å². The Morgan fingerprint density at radius 3 is 3.20 bits per heavy atom. The van der Waals surface area contributed by atoms with Gasteiger partial charge < -0.3 is 9.84 Å². The van der Waals surface area contributed by atoms with Gasteiger partial charge in [-0.05, 0) is 18.9 Å². The van der Waals surface area contributed by atoms with Gasteiger partial charge in [0, 0.05) is 31.7 Å². The molecule has 0 radical (unpaired) electrons. The molecule has 0 bridgehead atoms. The van der Waals surface area contributed by atoms with Crippen LogP contribution < -0.4 is 0 Å². The molecule has 1 N–H and O–H groups in total. The van der Waals surface area contributed by atoms with Gasteiger partial charge in [-0.15, -0.1) is 0 Å². The summed E-state index contributed by atoms with van der Waals surface area (Å²) in [6.07, 6.45) is 5.21. The van der Waals surface area contributed by atoms with Crippen LogP contribution in [0.5, 0.6) is 0 Å². The lowest BCUT2D eigenvalue weighted by Crippen LogP contribution is -2.22. The minimum Gasteiger partial charge on any atom is -0.392 e. The summed E-state index contributed by atoms with van der Waals surface area (Å²) in [7, 11) is 0. The lowest BCUT2D eigenvalue weighted by atomic mass is 9.97. The summed E-state index contributed by atoms with van der Waals surface area (Å²) in [5.74, 6) is 0.301. The number of ether oxygens (including phenoxy) is 1. The molecule has 15 heavy (non-hydrogen) atoms. The molecule has 1 aliphatic heterocycles. The molecule has 2 heterocycles. The molecule has 4 nitrogen and oxygen atoms in total. The Hall–Kier alpha value is -0.870. The van der Waals surface area contributed by atoms with E-state index in [0.29, 0.717) is 18.9 Å². The number of aryl methyl sites for hydroxylation is 1. The smallest absolute Gasteiger partial charge is 0.0632 e. The van der Waals surface area contributed by atoms with Crippen LogP contribution in [0.15, 0.2) is 12.4 Å². The van der Waals surface area contributed by atoms with E-state index in [1.165, 1.54) is 0 Å². The predicted molar refractivity (Wildman–Crippen MR) is 56.5 cm³/mol. The molecule has 84 valence electrons. The van der Waals surface area contributed by atoms with Crippen molar-refractivity contribution in [2.24, 2.45) is 5.92 Å². The number of aliphatic hydroxyl groups is 1. The van der Waals surface area contributed by atoms with Crippen LogP contribution in [0.2, 0.25) is 0 Å². The van der Waals surface area contributed by atoms with Gasteiger partial charge in [-0.1, -0.05) is 0 Å². The van der Waals surface area contributed by atoms with Gasteiger partial charge in [0.05, 0.1) is 18.9 Å². The Balaban J connectivity index is 1.89. The van der Waals surface area contributed by atoms with Gasteiger partial charge in [-0.2, -0.15) is 5.10 Å². The molecule has 2 unspecified atom stereocenters. The fourth-order valence-corrected chi connectivity index (χ4v) is 1.95. The van der Waals surface area contributed by atoms with Crippen molar-refractivity contribution in [3.63, 3.8) is 0 Å². The third-order valence-corrected chi connectivity index (χ3v) is 2.96. The van der Waals surface area contributed by atoms with Crippen molar-refractivity contribution in [1.29, 1.82) is 0 Å². The van der Waals surface area contributed by atoms with E-state index in [2.05, 4.69) is 12.0 Å². The lowest BCUT2D eigenvalue weighted by Gasteiger charge is -2.14. The van der Waals surface area contributed by atoms with Gasteiger partial charge in [0.25, 0.3) is 0 Å². The second-order valence-electron chi connectivity index (χ2n) is 4.10. The summed E-state index contributed by atoms with van der Waals surface area (Å²) in [5.41, 5.74) is 1.11. The fourth-order valence-electron chi connectivity index (χ4n) is 1.95. The van der Waals surface area contributed by atoms with E-state index in [4.69, 9.17) is 4.74 Å². The van der Waals surface area contributed by atoms with Crippen molar-refractivity contribution in [1.82, 2.24) is 9.78 Å². The van der Waals surface area contributed by atoms with Gasteiger partial charge in [0.15, 0.2) is 0 Å². The van der Waals surface area contributed by atoms with Gasteiger partial charge in [0.2, 0.25) is 0 Å². The average Bonchev–Trinajstić information content (AvgIpc) is 2.87. The first-order valence-corrected chi connectivity index (χ1v) is 5.56. The maximum atomic E-state index is 9.97. The maximum absolute atomic E-state index is 9.97. The van der Waals surface area contributed by atoms with Gasteiger partial charge in [-0.3, -0.25) is 4.68 Å². The molecule has 2 atom stereocenters. The quantitative estimate of drug-likeness (QED) is 0.801. The third-order valence-electron chi connectivity index (χ3n) is 2.96. The monoisotopic (exact) mass is 210 g/mol. The zero-order valence-electron chi connectivity index (χ0n) is 9.09. The van der Waals surface area contributed by atoms with Gasteiger partial charge in [-0.25, -0.2) is 0 Å². The molecule has 0 saturated carbocycles. The zero-order chi connectivity index (χ0) is 10.7. The number of hydrogen-bond acceptors (Lipinski definition) is 3. The van der Waals surface area contributed by atoms with E-state index in [-0.39, 0.29) is 6.10 Å². The van der Waals surface area contributed by atoms with Crippen molar-refractivity contribution in [3.8, 4) is 0 Å². The predicted octanol–water partition coefficient (Wildman–Crippen LogP) is 0.843. The zero-order valence-corrected chi connectivity index (χ0v) is 9.09. The SMILES string of the molecule is CCn1cc(CC(O)C2CCOC2)cn1. The Morgan fingerprint density at radius 2 is 2.60 bits per heavy atom. The average molecular weight is 210 g/mol. The molecule has 0 aliphatic carbocycles. The third kappa shape index (κ3) is 2.58. The van der Waals surface area contributed by atoms with Crippen LogP contribution in [0.25, 0.3) is 0 Å². The van der Waals surface area contributed by atoms with Crippen molar-refractivity contribution >= 4 is 0 Å². The molecule has 4 heteroatoms. The largest absolute Gasteiger partial charge is 0.392 e. The van der Waals surface area contributed by atoms with Crippen LogP contribution in [-0.4, -0.2) is 34.2 Å². The molecule has 2 rings (SSSR count). The summed E-state index contributed by atoms with van der Waals surface area (Å²) in [4.78, 5) is 0. The normalized spacial score (nSPS) is 23.2. The maximum Gasteiger partial charge on any atom is 0.0632 e. The summed E-state index contributed by atoms with van der Waals surface area (Å²) < 4.78 is 7.14. The standard InChI is InChI=1S/C11H18N2O2/c1-2-13-7-9(6-12-13)5-11(14)10-3-4-15-8-10/h6-7,10-11,14H,2-5,8H2,1H3. The summed E-state index contributed by atoms with van der Waals surface area (Å²) in [6.45, 7) is 4.42. The fraction of sp³-hybridized carbons (Fsp3) is 0.727. The van der Waals surface area contributed by atoms with Crippen LogP contribution in [0.4, 0.5) is 0 Å². The molecule has 1 aromatic rings. The summed E-state index contributed by atoms with van der Waals surface area (Å²) >= 11 is 0. The van der Waals surface area contributed by atoms with Crippen LogP contribution in [0.1, 0.15) is 18.9 Å². The summed E-state index contributed by atoms with van der Waals surface area (Å²) in [6, 6.07) is 0. The lowest BCUT2D eigenvalue weighted by molar-refractivity contribution is 0.0918. The Morgan fingerprint density at radius 1 is 1.73 bits per heavy atom. The second-order valence-corrected chi connectivity index (χ2v) is 4.10.